The molecule has 1 heterocycles. The molecule has 0 bridgehead atoms. The number of benzene rings is 2. The topological polar surface area (TPSA) is 79.9 Å². The van der Waals surface area contributed by atoms with Gasteiger partial charge in [0.1, 0.15) is 5.75 Å². The van der Waals surface area contributed by atoms with Crippen LogP contribution < -0.4 is 15.4 Å². The number of anilines is 1. The van der Waals surface area contributed by atoms with E-state index >= 15 is 0 Å². The van der Waals surface area contributed by atoms with E-state index in [9.17, 15) is 9.59 Å². The number of ether oxygens (including phenoxy) is 2. The maximum Gasteiger partial charge on any atom is 0.269 e. The highest BCUT2D eigenvalue weighted by molar-refractivity contribution is 7.80. The molecule has 2 N–H and O–H groups in total. The summed E-state index contributed by atoms with van der Waals surface area (Å²) in [5.41, 5.74) is 0.0775. The van der Waals surface area contributed by atoms with Gasteiger partial charge in [0.15, 0.2) is 10.7 Å². The van der Waals surface area contributed by atoms with E-state index in [2.05, 4.69) is 10.6 Å². The molecule has 1 aliphatic rings. The van der Waals surface area contributed by atoms with E-state index in [0.717, 1.165) is 0 Å². The summed E-state index contributed by atoms with van der Waals surface area (Å²) >= 11 is 11.1. The Morgan fingerprint density at radius 3 is 2.29 bits per heavy atom. The van der Waals surface area contributed by atoms with Crippen LogP contribution in [0, 0.1) is 0 Å². The predicted molar refractivity (Wildman–Crippen MR) is 124 cm³/mol. The van der Waals surface area contributed by atoms with Gasteiger partial charge in [0.2, 0.25) is 0 Å². The smallest absolute Gasteiger partial charge is 0.269 e. The maximum atomic E-state index is 12.6. The molecule has 7 nitrogen and oxygen atoms in total. The van der Waals surface area contributed by atoms with E-state index in [1.807, 2.05) is 0 Å². The number of amides is 2. The van der Waals surface area contributed by atoms with Crippen molar-refractivity contribution in [1.82, 2.24) is 10.2 Å². The quantitative estimate of drug-likeness (QED) is 0.663. The van der Waals surface area contributed by atoms with Crippen molar-refractivity contribution >= 4 is 46.4 Å². The number of carbonyl (C=O) groups excluding carboxylic acids is 2. The summed E-state index contributed by atoms with van der Waals surface area (Å²) in [6, 6.07) is 13.7. The van der Waals surface area contributed by atoms with Crippen LogP contribution in [-0.2, 0) is 9.53 Å². The van der Waals surface area contributed by atoms with Crippen LogP contribution in [0.3, 0.4) is 0 Å². The molecule has 3 rings (SSSR count). The summed E-state index contributed by atoms with van der Waals surface area (Å²) in [7, 11) is 0. The van der Waals surface area contributed by atoms with Crippen LogP contribution in [0.4, 0.5) is 5.69 Å². The first-order valence-corrected chi connectivity index (χ1v) is 10.6. The first kappa shape index (κ1) is 23.0. The van der Waals surface area contributed by atoms with E-state index in [1.54, 1.807) is 67.3 Å². The van der Waals surface area contributed by atoms with Crippen LogP contribution in [0.25, 0.3) is 0 Å². The number of thiocarbonyl (C=S) groups is 1. The van der Waals surface area contributed by atoms with Crippen LogP contribution in [0.5, 0.6) is 5.75 Å². The molecule has 31 heavy (non-hydrogen) atoms. The molecule has 0 aliphatic carbocycles. The third-order valence-corrected chi connectivity index (χ3v) is 5.10. The van der Waals surface area contributed by atoms with Gasteiger partial charge in [-0.25, -0.2) is 0 Å². The minimum atomic E-state index is -1.16. The van der Waals surface area contributed by atoms with Gasteiger partial charge in [-0.15, -0.1) is 0 Å². The maximum absolute atomic E-state index is 12.6. The molecule has 2 amide bonds. The molecule has 0 saturated carbocycles. The lowest BCUT2D eigenvalue weighted by Crippen LogP contribution is -2.49. The molecule has 1 fully saturated rings. The van der Waals surface area contributed by atoms with Gasteiger partial charge in [0, 0.05) is 29.4 Å². The van der Waals surface area contributed by atoms with Gasteiger partial charge in [-0.2, -0.15) is 0 Å². The average molecular weight is 462 g/mol. The zero-order valence-corrected chi connectivity index (χ0v) is 18.9. The Morgan fingerprint density at radius 2 is 1.68 bits per heavy atom. The van der Waals surface area contributed by atoms with Crippen LogP contribution in [0.15, 0.2) is 48.5 Å². The molecule has 0 unspecified atom stereocenters. The third kappa shape index (κ3) is 6.40. The zero-order chi connectivity index (χ0) is 22.4. The van der Waals surface area contributed by atoms with Gasteiger partial charge in [-0.05, 0) is 74.6 Å². The van der Waals surface area contributed by atoms with Gasteiger partial charge in [-0.3, -0.25) is 14.9 Å². The van der Waals surface area contributed by atoms with Crippen molar-refractivity contribution < 1.29 is 19.1 Å². The number of nitrogens with zero attached hydrogens (tertiary/aromatic N) is 1. The molecule has 9 heteroatoms. The first-order valence-electron chi connectivity index (χ1n) is 9.79. The van der Waals surface area contributed by atoms with Gasteiger partial charge in [0.05, 0.1) is 13.2 Å². The number of rotatable bonds is 5. The lowest BCUT2D eigenvalue weighted by atomic mass is 10.1. The summed E-state index contributed by atoms with van der Waals surface area (Å²) in [6.45, 7) is 5.57. The van der Waals surface area contributed by atoms with Crippen LogP contribution in [0.1, 0.15) is 24.2 Å². The molecule has 164 valence electrons. The lowest BCUT2D eigenvalue weighted by molar-refractivity contribution is -0.132. The van der Waals surface area contributed by atoms with Crippen LogP contribution in [-0.4, -0.2) is 53.7 Å². The highest BCUT2D eigenvalue weighted by atomic mass is 35.5. The minimum absolute atomic E-state index is 0.0353. The Morgan fingerprint density at radius 1 is 1.06 bits per heavy atom. The fraction of sp³-hybridized carbons (Fsp3) is 0.318. The molecule has 2 aromatic rings. The van der Waals surface area contributed by atoms with Crippen molar-refractivity contribution in [2.45, 2.75) is 19.4 Å². The largest absolute Gasteiger partial charge is 0.478 e. The molecule has 0 radical (unpaired) electrons. The minimum Gasteiger partial charge on any atom is -0.478 e. The van der Waals surface area contributed by atoms with Crippen molar-refractivity contribution in [3.63, 3.8) is 0 Å². The van der Waals surface area contributed by atoms with Crippen LogP contribution in [0.2, 0.25) is 5.02 Å². The van der Waals surface area contributed by atoms with E-state index in [4.69, 9.17) is 33.3 Å². The Bertz CT molecular complexity index is 942. The Hall–Kier alpha value is -2.68. The number of carbonyl (C=O) groups is 2. The number of hydrogen-bond acceptors (Lipinski definition) is 5. The van der Waals surface area contributed by atoms with Gasteiger partial charge in [-0.1, -0.05) is 11.6 Å². The summed E-state index contributed by atoms with van der Waals surface area (Å²) in [4.78, 5) is 26.9. The van der Waals surface area contributed by atoms with E-state index in [1.165, 1.54) is 0 Å². The Kier molecular flexibility index (Phi) is 7.48. The zero-order valence-electron chi connectivity index (χ0n) is 17.3. The molecule has 0 spiro atoms. The van der Waals surface area contributed by atoms with Crippen molar-refractivity contribution in [1.29, 1.82) is 0 Å². The second-order valence-electron chi connectivity index (χ2n) is 7.46. The van der Waals surface area contributed by atoms with E-state index in [0.29, 0.717) is 48.3 Å². The summed E-state index contributed by atoms with van der Waals surface area (Å²) in [6.07, 6.45) is 0. The van der Waals surface area contributed by atoms with Crippen molar-refractivity contribution in [2.24, 2.45) is 0 Å². The highest BCUT2D eigenvalue weighted by Crippen LogP contribution is 2.21. The van der Waals surface area contributed by atoms with Gasteiger partial charge < -0.3 is 19.7 Å². The number of hydrogen-bond donors (Lipinski definition) is 2. The van der Waals surface area contributed by atoms with Gasteiger partial charge >= 0.3 is 0 Å². The first-order chi connectivity index (χ1) is 14.7. The molecule has 2 aromatic carbocycles. The second-order valence-corrected chi connectivity index (χ2v) is 8.30. The second kappa shape index (κ2) is 10.1. The van der Waals surface area contributed by atoms with Crippen molar-refractivity contribution in [2.75, 3.05) is 31.6 Å². The fourth-order valence-electron chi connectivity index (χ4n) is 2.90. The molecular weight excluding hydrogens is 438 g/mol. The standard InChI is InChI=1S/C22H24ClN3O4S/c1-22(2,30-18-9-5-16(23)6-10-18)20(28)25-21(31)24-17-7-3-15(4-8-17)19(27)26-11-13-29-14-12-26/h3-10H,11-14H2,1-2H3,(H2,24,25,28,31). The van der Waals surface area contributed by atoms with E-state index < -0.39 is 11.5 Å². The SMILES string of the molecule is CC(C)(Oc1ccc(Cl)cc1)C(=O)NC(=S)Nc1ccc(C(=O)N2CCOCC2)cc1. The average Bonchev–Trinajstić information content (AvgIpc) is 2.76. The molecule has 0 atom stereocenters. The normalized spacial score (nSPS) is 14.0. The van der Waals surface area contributed by atoms with Gasteiger partial charge in [0.25, 0.3) is 11.8 Å². The molecular formula is C22H24ClN3O4S. The fourth-order valence-corrected chi connectivity index (χ4v) is 3.24. The summed E-state index contributed by atoms with van der Waals surface area (Å²) in [5, 5.41) is 6.29. The molecule has 1 saturated heterocycles. The highest BCUT2D eigenvalue weighted by Gasteiger charge is 2.30. The van der Waals surface area contributed by atoms with Crippen molar-refractivity contribution in [3.8, 4) is 5.75 Å². The predicted octanol–water partition coefficient (Wildman–Crippen LogP) is 3.48. The van der Waals surface area contributed by atoms with E-state index in [-0.39, 0.29) is 11.0 Å². The summed E-state index contributed by atoms with van der Waals surface area (Å²) < 4.78 is 11.0. The summed E-state index contributed by atoms with van der Waals surface area (Å²) in [5.74, 6) is 0.0786. The third-order valence-electron chi connectivity index (χ3n) is 4.65. The number of halogens is 1. The van der Waals surface area contributed by atoms with Crippen molar-refractivity contribution in [3.05, 3.63) is 59.1 Å². The molecule has 0 aromatic heterocycles. The number of nitrogens with one attached hydrogen (secondary N) is 2. The lowest BCUT2D eigenvalue weighted by Gasteiger charge is -2.27. The monoisotopic (exact) mass is 461 g/mol. The molecule has 1 aliphatic heterocycles. The number of morpholine rings is 1. The Balaban J connectivity index is 1.54. The van der Waals surface area contributed by atoms with Crippen LogP contribution >= 0.6 is 23.8 Å². The Labute approximate surface area is 191 Å².